The molecule has 78 valence electrons. The van der Waals surface area contributed by atoms with E-state index >= 15 is 0 Å². The normalized spacial score (nSPS) is 10.2. The van der Waals surface area contributed by atoms with Gasteiger partial charge >= 0.3 is 5.97 Å². The van der Waals surface area contributed by atoms with Crippen LogP contribution in [-0.2, 0) is 4.74 Å². The number of ether oxygens (including phenoxy) is 1. The molecule has 2 heterocycles. The molecule has 15 heavy (non-hydrogen) atoms. The number of nitrogen functional groups attached to an aromatic ring is 1. The molecular formula is C7H7N5O2S. The molecule has 0 unspecified atom stereocenters. The number of anilines is 1. The van der Waals surface area contributed by atoms with Crippen LogP contribution in [0, 0.1) is 0 Å². The highest BCUT2D eigenvalue weighted by molar-refractivity contribution is 7.07. The number of hydrogen-bond donors (Lipinski definition) is 1. The summed E-state index contributed by atoms with van der Waals surface area (Å²) in [5.41, 5.74) is 5.92. The van der Waals surface area contributed by atoms with Gasteiger partial charge < -0.3 is 10.5 Å². The smallest absolute Gasteiger partial charge is 0.360 e. The Balaban J connectivity index is 2.41. The highest BCUT2D eigenvalue weighted by Gasteiger charge is 2.16. The van der Waals surface area contributed by atoms with Crippen molar-refractivity contribution in [3.05, 3.63) is 18.2 Å². The van der Waals surface area contributed by atoms with Crippen molar-refractivity contribution >= 4 is 23.2 Å². The van der Waals surface area contributed by atoms with Crippen molar-refractivity contribution in [2.75, 3.05) is 12.8 Å². The minimum absolute atomic E-state index is 0.0766. The van der Waals surface area contributed by atoms with Gasteiger partial charge in [0.15, 0.2) is 5.69 Å². The van der Waals surface area contributed by atoms with Crippen molar-refractivity contribution in [1.29, 1.82) is 0 Å². The summed E-state index contributed by atoms with van der Waals surface area (Å²) in [4.78, 5) is 15.1. The second-order valence-corrected chi connectivity index (χ2v) is 3.35. The molecular weight excluding hydrogens is 218 g/mol. The second-order valence-electron chi connectivity index (χ2n) is 2.59. The first kappa shape index (κ1) is 9.59. The van der Waals surface area contributed by atoms with Crippen LogP contribution in [0.25, 0.3) is 5.13 Å². The van der Waals surface area contributed by atoms with Gasteiger partial charge in [0.25, 0.3) is 0 Å². The number of carbonyl (C=O) groups is 1. The molecule has 7 nitrogen and oxygen atoms in total. The third kappa shape index (κ3) is 1.66. The fraction of sp³-hybridized carbons (Fsp3) is 0.143. The molecule has 0 spiro atoms. The van der Waals surface area contributed by atoms with E-state index in [9.17, 15) is 4.79 Å². The molecule has 0 bridgehead atoms. The summed E-state index contributed by atoms with van der Waals surface area (Å²) in [7, 11) is 1.27. The molecule has 2 rings (SSSR count). The minimum Gasteiger partial charge on any atom is -0.464 e. The minimum atomic E-state index is -0.573. The lowest BCUT2D eigenvalue weighted by Crippen LogP contribution is -2.05. The number of methoxy groups -OCH3 is 1. The van der Waals surface area contributed by atoms with Crippen molar-refractivity contribution in [2.24, 2.45) is 0 Å². The summed E-state index contributed by atoms with van der Waals surface area (Å²) in [6, 6.07) is 0. The van der Waals surface area contributed by atoms with Crippen molar-refractivity contribution < 1.29 is 9.53 Å². The summed E-state index contributed by atoms with van der Waals surface area (Å²) in [5.74, 6) is -0.573. The molecule has 0 saturated heterocycles. The molecule has 0 aliphatic carbocycles. The number of carbonyl (C=O) groups excluding carboxylic acids is 1. The van der Waals surface area contributed by atoms with Crippen LogP contribution in [0.15, 0.2) is 12.5 Å². The largest absolute Gasteiger partial charge is 0.464 e. The summed E-state index contributed by atoms with van der Waals surface area (Å²) in [6.07, 6.45) is 2.89. The summed E-state index contributed by atoms with van der Waals surface area (Å²) >= 11 is 1.15. The van der Waals surface area contributed by atoms with Gasteiger partial charge in [-0.25, -0.2) is 14.5 Å². The van der Waals surface area contributed by atoms with Crippen LogP contribution in [0.4, 0.5) is 5.69 Å². The first-order valence-electron chi connectivity index (χ1n) is 3.93. The first-order valence-corrected chi connectivity index (χ1v) is 4.70. The highest BCUT2D eigenvalue weighted by atomic mass is 32.1. The van der Waals surface area contributed by atoms with Crippen LogP contribution in [0.1, 0.15) is 10.5 Å². The van der Waals surface area contributed by atoms with E-state index in [-0.39, 0.29) is 11.4 Å². The maximum Gasteiger partial charge on any atom is 0.360 e. The van der Waals surface area contributed by atoms with Crippen LogP contribution in [0.2, 0.25) is 0 Å². The van der Waals surface area contributed by atoms with Gasteiger partial charge in [-0.05, 0) is 0 Å². The van der Waals surface area contributed by atoms with Crippen LogP contribution >= 0.6 is 11.5 Å². The Bertz CT molecular complexity index is 478. The Hall–Kier alpha value is -1.96. The van der Waals surface area contributed by atoms with Crippen LogP contribution in [-0.4, -0.2) is 32.2 Å². The molecule has 8 heteroatoms. The standard InChI is InChI=1S/C7H7N5O2S/c1-14-6(13)5-4(8)2-12(11-5)7-9-3-10-15-7/h2-3H,8H2,1H3. The molecule has 2 aromatic heterocycles. The lowest BCUT2D eigenvalue weighted by atomic mass is 10.4. The number of esters is 1. The molecule has 0 fully saturated rings. The van der Waals surface area contributed by atoms with E-state index in [0.29, 0.717) is 5.13 Å². The third-order valence-electron chi connectivity index (χ3n) is 1.67. The third-order valence-corrected chi connectivity index (χ3v) is 2.32. The second kappa shape index (κ2) is 3.65. The number of nitrogens with two attached hydrogens (primary N) is 1. The Morgan fingerprint density at radius 1 is 1.67 bits per heavy atom. The molecule has 0 radical (unpaired) electrons. The summed E-state index contributed by atoms with van der Waals surface area (Å²) in [5, 5.41) is 4.49. The van der Waals surface area contributed by atoms with Gasteiger partial charge in [0.2, 0.25) is 5.13 Å². The van der Waals surface area contributed by atoms with Gasteiger partial charge in [0, 0.05) is 11.5 Å². The summed E-state index contributed by atoms with van der Waals surface area (Å²) < 4.78 is 9.72. The van der Waals surface area contributed by atoms with Gasteiger partial charge in [-0.1, -0.05) is 0 Å². The fourth-order valence-electron chi connectivity index (χ4n) is 1.01. The van der Waals surface area contributed by atoms with Crippen molar-refractivity contribution in [3.63, 3.8) is 0 Å². The van der Waals surface area contributed by atoms with Crippen LogP contribution < -0.4 is 5.73 Å². The van der Waals surface area contributed by atoms with E-state index in [4.69, 9.17) is 5.73 Å². The Morgan fingerprint density at radius 2 is 2.47 bits per heavy atom. The number of rotatable bonds is 2. The van der Waals surface area contributed by atoms with E-state index in [0.717, 1.165) is 11.5 Å². The molecule has 0 amide bonds. The maximum atomic E-state index is 11.2. The Labute approximate surface area is 88.7 Å². The van der Waals surface area contributed by atoms with E-state index in [1.165, 1.54) is 24.3 Å². The molecule has 0 atom stereocenters. The van der Waals surface area contributed by atoms with Crippen LogP contribution in [0.3, 0.4) is 0 Å². The number of hydrogen-bond acceptors (Lipinski definition) is 7. The van der Waals surface area contributed by atoms with Gasteiger partial charge in [0.1, 0.15) is 6.33 Å². The summed E-state index contributed by atoms with van der Waals surface area (Å²) in [6.45, 7) is 0. The molecule has 0 aliphatic rings. The average Bonchev–Trinajstić information content (AvgIpc) is 2.84. The van der Waals surface area contributed by atoms with Crippen molar-refractivity contribution in [2.45, 2.75) is 0 Å². The van der Waals surface area contributed by atoms with E-state index in [1.807, 2.05) is 0 Å². The lowest BCUT2D eigenvalue weighted by Gasteiger charge is -1.93. The van der Waals surface area contributed by atoms with Crippen molar-refractivity contribution in [1.82, 2.24) is 19.1 Å². The highest BCUT2D eigenvalue weighted by Crippen LogP contribution is 2.15. The van der Waals surface area contributed by atoms with Gasteiger partial charge in [-0.3, -0.25) is 0 Å². The molecule has 2 aromatic rings. The zero-order valence-electron chi connectivity index (χ0n) is 7.75. The topological polar surface area (TPSA) is 95.9 Å². The molecule has 0 aromatic carbocycles. The molecule has 0 aliphatic heterocycles. The quantitative estimate of drug-likeness (QED) is 0.728. The SMILES string of the molecule is COC(=O)c1nn(-c2ncns2)cc1N. The van der Waals surface area contributed by atoms with E-state index in [2.05, 4.69) is 19.2 Å². The molecule has 2 N–H and O–H groups in total. The zero-order chi connectivity index (χ0) is 10.8. The zero-order valence-corrected chi connectivity index (χ0v) is 8.56. The monoisotopic (exact) mass is 225 g/mol. The number of aromatic nitrogens is 4. The van der Waals surface area contributed by atoms with E-state index < -0.39 is 5.97 Å². The van der Waals surface area contributed by atoms with Crippen LogP contribution in [0.5, 0.6) is 0 Å². The molecule has 0 saturated carbocycles. The van der Waals surface area contributed by atoms with Gasteiger partial charge in [0.05, 0.1) is 19.0 Å². The maximum absolute atomic E-state index is 11.2. The van der Waals surface area contributed by atoms with Crippen molar-refractivity contribution in [3.8, 4) is 5.13 Å². The predicted octanol–water partition coefficient (Wildman–Crippen LogP) is 0.0926. The van der Waals surface area contributed by atoms with Gasteiger partial charge in [-0.2, -0.15) is 9.47 Å². The number of nitrogens with zero attached hydrogens (tertiary/aromatic N) is 4. The fourth-order valence-corrected chi connectivity index (χ4v) is 1.47. The lowest BCUT2D eigenvalue weighted by molar-refractivity contribution is 0.0594. The average molecular weight is 225 g/mol. The van der Waals surface area contributed by atoms with E-state index in [1.54, 1.807) is 0 Å². The first-order chi connectivity index (χ1) is 7.22. The Morgan fingerprint density at radius 3 is 3.07 bits per heavy atom. The van der Waals surface area contributed by atoms with Gasteiger partial charge in [-0.15, -0.1) is 0 Å². The predicted molar refractivity (Wildman–Crippen MR) is 52.8 cm³/mol. The Kier molecular flexibility index (Phi) is 2.34.